The van der Waals surface area contributed by atoms with Crippen LogP contribution < -0.4 is 11.1 Å². The molecule has 1 heterocycles. The van der Waals surface area contributed by atoms with Crippen LogP contribution in [0.3, 0.4) is 0 Å². The smallest absolute Gasteiger partial charge is 0.251 e. The summed E-state index contributed by atoms with van der Waals surface area (Å²) in [4.78, 5) is 25.3. The number of carbonyl (C=O) groups is 2. The van der Waals surface area contributed by atoms with Crippen LogP contribution in [0, 0.1) is 0 Å². The van der Waals surface area contributed by atoms with E-state index in [1.54, 1.807) is 12.1 Å². The molecular weight excluding hydrogens is 246 g/mol. The fraction of sp³-hybridized carbons (Fsp3) is 0.231. The molecule has 0 unspecified atom stereocenters. The highest BCUT2D eigenvalue weighted by atomic mass is 16.5. The molecular formula is C13H15N3O3. The molecule has 100 valence electrons. The van der Waals surface area contributed by atoms with Gasteiger partial charge in [-0.1, -0.05) is 6.07 Å². The average molecular weight is 261 g/mol. The largest absolute Gasteiger partial charge is 0.370 e. The van der Waals surface area contributed by atoms with Crippen molar-refractivity contribution in [2.45, 2.75) is 0 Å². The molecule has 0 radical (unpaired) electrons. The molecule has 6 nitrogen and oxygen atoms in total. The summed E-state index contributed by atoms with van der Waals surface area (Å²) in [5.74, 6) is -0.706. The lowest BCUT2D eigenvalue weighted by atomic mass is 10.1. The Hall–Kier alpha value is -2.34. The van der Waals surface area contributed by atoms with Gasteiger partial charge in [-0.2, -0.15) is 0 Å². The van der Waals surface area contributed by atoms with Crippen LogP contribution in [0.1, 0.15) is 10.4 Å². The van der Waals surface area contributed by atoms with Crippen molar-refractivity contribution in [2.24, 2.45) is 5.73 Å². The van der Waals surface area contributed by atoms with E-state index in [0.717, 1.165) is 10.9 Å². The molecule has 19 heavy (non-hydrogen) atoms. The topological polar surface area (TPSA) is 97.2 Å². The maximum absolute atomic E-state index is 11.8. The number of amides is 2. The average Bonchev–Trinajstić information content (AvgIpc) is 2.84. The van der Waals surface area contributed by atoms with Gasteiger partial charge < -0.3 is 20.8 Å². The quantitative estimate of drug-likeness (QED) is 0.656. The number of hydrogen-bond donors (Lipinski definition) is 3. The SMILES string of the molecule is NC(=O)COCCNC(=O)c1ccc2cc[nH]c2c1. The lowest BCUT2D eigenvalue weighted by Gasteiger charge is -2.05. The van der Waals surface area contributed by atoms with Crippen molar-refractivity contribution in [3.05, 3.63) is 36.0 Å². The van der Waals surface area contributed by atoms with E-state index >= 15 is 0 Å². The Balaban J connectivity index is 1.84. The summed E-state index contributed by atoms with van der Waals surface area (Å²) in [6, 6.07) is 7.36. The highest BCUT2D eigenvalue weighted by Gasteiger charge is 2.06. The molecule has 0 fully saturated rings. The first-order valence-corrected chi connectivity index (χ1v) is 5.88. The molecule has 2 amide bonds. The number of hydrogen-bond acceptors (Lipinski definition) is 3. The molecule has 0 saturated heterocycles. The van der Waals surface area contributed by atoms with Crippen molar-refractivity contribution < 1.29 is 14.3 Å². The van der Waals surface area contributed by atoms with Crippen molar-refractivity contribution in [2.75, 3.05) is 19.8 Å². The second-order valence-electron chi connectivity index (χ2n) is 4.05. The zero-order valence-electron chi connectivity index (χ0n) is 10.3. The molecule has 0 atom stereocenters. The van der Waals surface area contributed by atoms with Crippen molar-refractivity contribution in [3.8, 4) is 0 Å². The number of carbonyl (C=O) groups excluding carboxylic acids is 2. The van der Waals surface area contributed by atoms with Gasteiger partial charge in [-0.15, -0.1) is 0 Å². The molecule has 0 bridgehead atoms. The van der Waals surface area contributed by atoms with E-state index in [0.29, 0.717) is 12.1 Å². The van der Waals surface area contributed by atoms with Crippen LogP contribution in [-0.4, -0.2) is 36.6 Å². The van der Waals surface area contributed by atoms with E-state index in [1.165, 1.54) is 0 Å². The zero-order valence-corrected chi connectivity index (χ0v) is 10.3. The van der Waals surface area contributed by atoms with Gasteiger partial charge >= 0.3 is 0 Å². The minimum absolute atomic E-state index is 0.135. The molecule has 0 aliphatic heterocycles. The summed E-state index contributed by atoms with van der Waals surface area (Å²) in [5, 5.41) is 3.76. The fourth-order valence-corrected chi connectivity index (χ4v) is 1.70. The maximum atomic E-state index is 11.8. The van der Waals surface area contributed by atoms with Gasteiger partial charge in [0.2, 0.25) is 5.91 Å². The summed E-state index contributed by atoms with van der Waals surface area (Å²) < 4.78 is 4.94. The highest BCUT2D eigenvalue weighted by molar-refractivity contribution is 5.97. The predicted octanol–water partition coefficient (Wildman–Crippen LogP) is 0.400. The molecule has 4 N–H and O–H groups in total. The van der Waals surface area contributed by atoms with Gasteiger partial charge in [0.25, 0.3) is 5.91 Å². The van der Waals surface area contributed by atoms with E-state index in [2.05, 4.69) is 10.3 Å². The summed E-state index contributed by atoms with van der Waals surface area (Å²) >= 11 is 0. The summed E-state index contributed by atoms with van der Waals surface area (Å²) in [6.07, 6.45) is 1.82. The summed E-state index contributed by atoms with van der Waals surface area (Å²) in [5.41, 5.74) is 6.40. The van der Waals surface area contributed by atoms with Crippen molar-refractivity contribution in [1.29, 1.82) is 0 Å². The van der Waals surface area contributed by atoms with Crippen molar-refractivity contribution in [1.82, 2.24) is 10.3 Å². The standard InChI is InChI=1S/C13H15N3O3/c14-12(17)8-19-6-5-16-13(18)10-2-1-9-3-4-15-11(9)7-10/h1-4,7,15H,5-6,8H2,(H2,14,17)(H,16,18). The van der Waals surface area contributed by atoms with Gasteiger partial charge in [0.15, 0.2) is 0 Å². The van der Waals surface area contributed by atoms with Crippen LogP contribution in [0.15, 0.2) is 30.5 Å². The number of benzene rings is 1. The number of fused-ring (bicyclic) bond motifs is 1. The Morgan fingerprint density at radius 2 is 2.16 bits per heavy atom. The second kappa shape index (κ2) is 6.01. The van der Waals surface area contributed by atoms with Crippen LogP contribution in [0.2, 0.25) is 0 Å². The van der Waals surface area contributed by atoms with E-state index in [4.69, 9.17) is 10.5 Å². The molecule has 0 aliphatic carbocycles. The number of aromatic nitrogens is 1. The zero-order chi connectivity index (χ0) is 13.7. The lowest BCUT2D eigenvalue weighted by molar-refractivity contribution is -0.122. The van der Waals surface area contributed by atoms with E-state index in [9.17, 15) is 9.59 Å². The van der Waals surface area contributed by atoms with Gasteiger partial charge in [-0.3, -0.25) is 9.59 Å². The Morgan fingerprint density at radius 3 is 2.95 bits per heavy atom. The third-order valence-corrected chi connectivity index (χ3v) is 2.59. The van der Waals surface area contributed by atoms with Crippen molar-refractivity contribution >= 4 is 22.7 Å². The lowest BCUT2D eigenvalue weighted by Crippen LogP contribution is -2.28. The first-order valence-electron chi connectivity index (χ1n) is 5.88. The number of nitrogens with one attached hydrogen (secondary N) is 2. The molecule has 1 aromatic heterocycles. The van der Waals surface area contributed by atoms with Crippen LogP contribution in [-0.2, 0) is 9.53 Å². The first-order chi connectivity index (χ1) is 9.16. The molecule has 1 aromatic carbocycles. The number of nitrogens with two attached hydrogens (primary N) is 1. The number of primary amides is 1. The number of H-pyrrole nitrogens is 1. The van der Waals surface area contributed by atoms with Gasteiger partial charge in [0.1, 0.15) is 6.61 Å². The van der Waals surface area contributed by atoms with Gasteiger partial charge in [-0.05, 0) is 23.6 Å². The van der Waals surface area contributed by atoms with Crippen LogP contribution in [0.5, 0.6) is 0 Å². The predicted molar refractivity (Wildman–Crippen MR) is 70.6 cm³/mol. The Bertz CT molecular complexity index is 592. The molecule has 2 aromatic rings. The molecule has 0 saturated carbocycles. The first kappa shape index (κ1) is 13.1. The Labute approximate surface area is 109 Å². The van der Waals surface area contributed by atoms with E-state index in [-0.39, 0.29) is 19.1 Å². The van der Waals surface area contributed by atoms with Crippen LogP contribution in [0.4, 0.5) is 0 Å². The van der Waals surface area contributed by atoms with Crippen molar-refractivity contribution in [3.63, 3.8) is 0 Å². The maximum Gasteiger partial charge on any atom is 0.251 e. The third kappa shape index (κ3) is 3.56. The van der Waals surface area contributed by atoms with Crippen LogP contribution in [0.25, 0.3) is 10.9 Å². The minimum Gasteiger partial charge on any atom is -0.370 e. The summed E-state index contributed by atoms with van der Waals surface area (Å²) in [6.45, 7) is 0.443. The van der Waals surface area contributed by atoms with Gasteiger partial charge in [0, 0.05) is 23.8 Å². The molecule has 6 heteroatoms. The van der Waals surface area contributed by atoms with Gasteiger partial charge in [0.05, 0.1) is 6.61 Å². The number of ether oxygens (including phenoxy) is 1. The Morgan fingerprint density at radius 1 is 1.32 bits per heavy atom. The molecule has 2 rings (SSSR count). The minimum atomic E-state index is -0.525. The highest BCUT2D eigenvalue weighted by Crippen LogP contribution is 2.13. The molecule has 0 aliphatic rings. The van der Waals surface area contributed by atoms with E-state index < -0.39 is 5.91 Å². The number of rotatable bonds is 6. The monoisotopic (exact) mass is 261 g/mol. The Kier molecular flexibility index (Phi) is 4.15. The fourth-order valence-electron chi connectivity index (χ4n) is 1.70. The number of aromatic amines is 1. The molecule has 0 spiro atoms. The van der Waals surface area contributed by atoms with Gasteiger partial charge in [-0.25, -0.2) is 0 Å². The van der Waals surface area contributed by atoms with Crippen LogP contribution >= 0.6 is 0 Å². The second-order valence-corrected chi connectivity index (χ2v) is 4.05. The van der Waals surface area contributed by atoms with E-state index in [1.807, 2.05) is 18.3 Å². The normalized spacial score (nSPS) is 10.5. The third-order valence-electron chi connectivity index (χ3n) is 2.59. The summed E-state index contributed by atoms with van der Waals surface area (Å²) in [7, 11) is 0.